The molecular formula is C7H12N2O2. The number of H-pyrrole nitrogens is 1. The normalized spacial score (nSPS) is 13.3. The van der Waals surface area contributed by atoms with E-state index in [2.05, 4.69) is 4.98 Å². The van der Waals surface area contributed by atoms with Crippen LogP contribution in [0.2, 0.25) is 0 Å². The molecule has 4 nitrogen and oxygen atoms in total. The molecule has 1 aromatic rings. The van der Waals surface area contributed by atoms with Gasteiger partial charge in [-0.3, -0.25) is 4.57 Å². The number of rotatable bonds is 3. The van der Waals surface area contributed by atoms with Gasteiger partial charge in [-0.2, -0.15) is 0 Å². The molecule has 1 unspecified atom stereocenters. The lowest BCUT2D eigenvalue weighted by Gasteiger charge is -2.06. The molecule has 0 aliphatic carbocycles. The summed E-state index contributed by atoms with van der Waals surface area (Å²) in [5, 5.41) is 9.18. The van der Waals surface area contributed by atoms with Crippen LogP contribution < -0.4 is 5.69 Å². The van der Waals surface area contributed by atoms with Gasteiger partial charge in [-0.15, -0.1) is 0 Å². The van der Waals surface area contributed by atoms with E-state index in [1.54, 1.807) is 12.4 Å². The lowest BCUT2D eigenvalue weighted by molar-refractivity contribution is 0.148. The number of hydrogen-bond donors (Lipinski definition) is 2. The summed E-state index contributed by atoms with van der Waals surface area (Å²) in [4.78, 5) is 13.4. The molecule has 0 aliphatic heterocycles. The predicted molar refractivity (Wildman–Crippen MR) is 41.4 cm³/mol. The van der Waals surface area contributed by atoms with Crippen LogP contribution in [0, 0.1) is 0 Å². The van der Waals surface area contributed by atoms with Crippen molar-refractivity contribution < 1.29 is 5.11 Å². The molecule has 2 N–H and O–H groups in total. The molecule has 0 fully saturated rings. The number of aromatic nitrogens is 2. The van der Waals surface area contributed by atoms with Crippen LogP contribution in [0.1, 0.15) is 13.3 Å². The van der Waals surface area contributed by atoms with E-state index in [9.17, 15) is 9.90 Å². The molecule has 0 saturated heterocycles. The maximum absolute atomic E-state index is 10.9. The molecule has 0 saturated carbocycles. The second kappa shape index (κ2) is 3.39. The Morgan fingerprint density at radius 1 is 1.82 bits per heavy atom. The Morgan fingerprint density at radius 3 is 3.00 bits per heavy atom. The van der Waals surface area contributed by atoms with Gasteiger partial charge in [-0.1, -0.05) is 6.92 Å². The molecule has 1 heterocycles. The van der Waals surface area contributed by atoms with Gasteiger partial charge in [0.1, 0.15) is 0 Å². The molecule has 0 aromatic carbocycles. The quantitative estimate of drug-likeness (QED) is 0.644. The first-order chi connectivity index (χ1) is 5.24. The van der Waals surface area contributed by atoms with Gasteiger partial charge in [-0.25, -0.2) is 4.79 Å². The Bertz CT molecular complexity index is 263. The number of hydrogen-bond acceptors (Lipinski definition) is 2. The Balaban J connectivity index is 2.64. The molecule has 1 aromatic heterocycles. The Labute approximate surface area is 64.5 Å². The highest BCUT2D eigenvalue weighted by Crippen LogP contribution is 1.92. The van der Waals surface area contributed by atoms with E-state index in [4.69, 9.17) is 0 Å². The summed E-state index contributed by atoms with van der Waals surface area (Å²) in [5.74, 6) is 0. The summed E-state index contributed by atoms with van der Waals surface area (Å²) in [7, 11) is 0. The zero-order valence-electron chi connectivity index (χ0n) is 6.45. The van der Waals surface area contributed by atoms with Crippen LogP contribution in [-0.4, -0.2) is 20.8 Å². The van der Waals surface area contributed by atoms with Crippen LogP contribution >= 0.6 is 0 Å². The van der Waals surface area contributed by atoms with Crippen molar-refractivity contribution >= 4 is 0 Å². The van der Waals surface area contributed by atoms with Gasteiger partial charge >= 0.3 is 5.69 Å². The van der Waals surface area contributed by atoms with Crippen LogP contribution in [0.4, 0.5) is 0 Å². The zero-order chi connectivity index (χ0) is 8.27. The van der Waals surface area contributed by atoms with Crippen LogP contribution in [0.15, 0.2) is 17.2 Å². The SMILES string of the molecule is CCC(O)Cn1cc[nH]c1=O. The number of aliphatic hydroxyl groups is 1. The van der Waals surface area contributed by atoms with Crippen molar-refractivity contribution in [3.63, 3.8) is 0 Å². The molecule has 1 rings (SSSR count). The predicted octanol–water partition coefficient (Wildman–Crippen LogP) is -0.0527. The van der Waals surface area contributed by atoms with Gasteiger partial charge < -0.3 is 10.1 Å². The second-order valence-corrected chi connectivity index (χ2v) is 2.48. The average Bonchev–Trinajstić information content (AvgIpc) is 2.37. The summed E-state index contributed by atoms with van der Waals surface area (Å²) in [6.45, 7) is 2.25. The van der Waals surface area contributed by atoms with Crippen molar-refractivity contribution in [3.8, 4) is 0 Å². The topological polar surface area (TPSA) is 58.0 Å². The van der Waals surface area contributed by atoms with E-state index in [0.29, 0.717) is 13.0 Å². The summed E-state index contributed by atoms with van der Waals surface area (Å²) in [5.41, 5.74) is -0.169. The van der Waals surface area contributed by atoms with Gasteiger partial charge in [0.25, 0.3) is 0 Å². The van der Waals surface area contributed by atoms with Crippen LogP contribution in [0.3, 0.4) is 0 Å². The van der Waals surface area contributed by atoms with Crippen LogP contribution in [0.25, 0.3) is 0 Å². The zero-order valence-corrected chi connectivity index (χ0v) is 6.45. The summed E-state index contributed by atoms with van der Waals surface area (Å²) in [6.07, 6.45) is 3.42. The number of aromatic amines is 1. The third-order valence-corrected chi connectivity index (χ3v) is 1.60. The number of nitrogens with zero attached hydrogens (tertiary/aromatic N) is 1. The fourth-order valence-electron chi connectivity index (χ4n) is 0.849. The van der Waals surface area contributed by atoms with Crippen LogP contribution in [0.5, 0.6) is 0 Å². The highest BCUT2D eigenvalue weighted by atomic mass is 16.3. The van der Waals surface area contributed by atoms with E-state index in [-0.39, 0.29) is 5.69 Å². The van der Waals surface area contributed by atoms with E-state index in [0.717, 1.165) is 0 Å². The third-order valence-electron chi connectivity index (χ3n) is 1.60. The first-order valence-corrected chi connectivity index (χ1v) is 3.66. The molecule has 0 radical (unpaired) electrons. The maximum Gasteiger partial charge on any atom is 0.325 e. The van der Waals surface area contributed by atoms with Gasteiger partial charge in [0.15, 0.2) is 0 Å². The molecule has 0 amide bonds. The fraction of sp³-hybridized carbons (Fsp3) is 0.571. The number of nitrogens with one attached hydrogen (secondary N) is 1. The Morgan fingerprint density at radius 2 is 2.55 bits per heavy atom. The highest BCUT2D eigenvalue weighted by molar-refractivity contribution is 4.76. The summed E-state index contributed by atoms with van der Waals surface area (Å²) >= 11 is 0. The first kappa shape index (κ1) is 8.07. The van der Waals surface area contributed by atoms with E-state index < -0.39 is 6.10 Å². The van der Waals surface area contributed by atoms with Crippen molar-refractivity contribution in [2.75, 3.05) is 0 Å². The van der Waals surface area contributed by atoms with Crippen molar-refractivity contribution in [2.45, 2.75) is 26.0 Å². The van der Waals surface area contributed by atoms with E-state index >= 15 is 0 Å². The lowest BCUT2D eigenvalue weighted by atomic mass is 10.3. The minimum Gasteiger partial charge on any atom is -0.391 e. The molecule has 4 heteroatoms. The molecule has 11 heavy (non-hydrogen) atoms. The lowest BCUT2D eigenvalue weighted by Crippen LogP contribution is -2.23. The maximum atomic E-state index is 10.9. The fourth-order valence-corrected chi connectivity index (χ4v) is 0.849. The summed E-state index contributed by atoms with van der Waals surface area (Å²) < 4.78 is 1.45. The molecule has 0 spiro atoms. The van der Waals surface area contributed by atoms with Gasteiger partial charge in [0.05, 0.1) is 12.6 Å². The first-order valence-electron chi connectivity index (χ1n) is 3.66. The average molecular weight is 156 g/mol. The third kappa shape index (κ3) is 1.94. The van der Waals surface area contributed by atoms with Gasteiger partial charge in [-0.05, 0) is 6.42 Å². The molecular weight excluding hydrogens is 144 g/mol. The molecule has 0 aliphatic rings. The van der Waals surface area contributed by atoms with Crippen molar-refractivity contribution in [2.24, 2.45) is 0 Å². The summed E-state index contributed by atoms with van der Waals surface area (Å²) in [6, 6.07) is 0. The van der Waals surface area contributed by atoms with E-state index in [1.165, 1.54) is 4.57 Å². The monoisotopic (exact) mass is 156 g/mol. The minimum absolute atomic E-state index is 0.169. The number of imidazole rings is 1. The van der Waals surface area contributed by atoms with E-state index in [1.807, 2.05) is 6.92 Å². The highest BCUT2D eigenvalue weighted by Gasteiger charge is 2.02. The Kier molecular flexibility index (Phi) is 2.48. The van der Waals surface area contributed by atoms with Crippen molar-refractivity contribution in [3.05, 3.63) is 22.9 Å². The van der Waals surface area contributed by atoms with Crippen LogP contribution in [-0.2, 0) is 6.54 Å². The number of aliphatic hydroxyl groups excluding tert-OH is 1. The van der Waals surface area contributed by atoms with Gasteiger partial charge in [0, 0.05) is 12.4 Å². The standard InChI is InChI=1S/C7H12N2O2/c1-2-6(10)5-9-4-3-8-7(9)11/h3-4,6,10H,2,5H2,1H3,(H,8,11). The largest absolute Gasteiger partial charge is 0.391 e. The van der Waals surface area contributed by atoms with Crippen molar-refractivity contribution in [1.82, 2.24) is 9.55 Å². The molecule has 62 valence electrons. The minimum atomic E-state index is -0.427. The smallest absolute Gasteiger partial charge is 0.325 e. The Hall–Kier alpha value is -1.03. The van der Waals surface area contributed by atoms with Gasteiger partial charge in [0.2, 0.25) is 0 Å². The molecule has 0 bridgehead atoms. The van der Waals surface area contributed by atoms with Crippen molar-refractivity contribution in [1.29, 1.82) is 0 Å². The second-order valence-electron chi connectivity index (χ2n) is 2.48. The molecule has 1 atom stereocenters.